The molecule has 18 heavy (non-hydrogen) atoms. The van der Waals surface area contributed by atoms with Gasteiger partial charge in [0.15, 0.2) is 0 Å². The van der Waals surface area contributed by atoms with Gasteiger partial charge in [0.25, 0.3) is 0 Å². The van der Waals surface area contributed by atoms with Crippen molar-refractivity contribution in [2.75, 3.05) is 13.2 Å². The number of rotatable bonds is 7. The van der Waals surface area contributed by atoms with Gasteiger partial charge in [-0.25, -0.2) is 0 Å². The largest absolute Gasteiger partial charge is 0.494 e. The van der Waals surface area contributed by atoms with Crippen LogP contribution in [0.15, 0.2) is 24.3 Å². The maximum Gasteiger partial charge on any atom is 0.124 e. The van der Waals surface area contributed by atoms with Crippen molar-refractivity contribution in [2.45, 2.75) is 45.6 Å². The van der Waals surface area contributed by atoms with Crippen LogP contribution in [0.4, 0.5) is 0 Å². The molecule has 1 fully saturated rings. The van der Waals surface area contributed by atoms with Gasteiger partial charge in [-0.05, 0) is 44.7 Å². The summed E-state index contributed by atoms with van der Waals surface area (Å²) in [5, 5.41) is 3.71. The van der Waals surface area contributed by atoms with Crippen LogP contribution >= 0.6 is 0 Å². The highest BCUT2D eigenvalue weighted by Crippen LogP contribution is 2.40. The molecule has 100 valence electrons. The van der Waals surface area contributed by atoms with Crippen molar-refractivity contribution < 1.29 is 4.74 Å². The van der Waals surface area contributed by atoms with E-state index in [-0.39, 0.29) is 0 Å². The summed E-state index contributed by atoms with van der Waals surface area (Å²) in [6, 6.07) is 8.97. The molecule has 0 bridgehead atoms. The lowest BCUT2D eigenvalue weighted by molar-refractivity contribution is 0.224. The monoisotopic (exact) mass is 247 g/mol. The Morgan fingerprint density at radius 3 is 2.67 bits per heavy atom. The Balaban J connectivity index is 2.17. The van der Waals surface area contributed by atoms with E-state index in [0.29, 0.717) is 6.04 Å². The van der Waals surface area contributed by atoms with Crippen molar-refractivity contribution >= 4 is 0 Å². The fourth-order valence-electron chi connectivity index (χ4n) is 2.63. The van der Waals surface area contributed by atoms with Crippen molar-refractivity contribution in [1.29, 1.82) is 0 Å². The number of para-hydroxylation sites is 1. The van der Waals surface area contributed by atoms with Crippen LogP contribution in [-0.2, 0) is 0 Å². The number of benzene rings is 1. The molecule has 1 aromatic carbocycles. The van der Waals surface area contributed by atoms with Crippen molar-refractivity contribution in [3.8, 4) is 5.75 Å². The van der Waals surface area contributed by atoms with E-state index in [9.17, 15) is 0 Å². The Kier molecular flexibility index (Phi) is 5.06. The zero-order chi connectivity index (χ0) is 12.8. The second-order valence-corrected chi connectivity index (χ2v) is 5.09. The Morgan fingerprint density at radius 2 is 2.06 bits per heavy atom. The number of hydrogen-bond acceptors (Lipinski definition) is 2. The second-order valence-electron chi connectivity index (χ2n) is 5.09. The molecule has 0 aromatic heterocycles. The fraction of sp³-hybridized carbons (Fsp3) is 0.625. The van der Waals surface area contributed by atoms with Gasteiger partial charge in [0.2, 0.25) is 0 Å². The van der Waals surface area contributed by atoms with Crippen molar-refractivity contribution in [3.05, 3.63) is 29.8 Å². The average Bonchev–Trinajstić information content (AvgIpc) is 2.33. The fourth-order valence-corrected chi connectivity index (χ4v) is 2.63. The molecule has 1 unspecified atom stereocenters. The predicted molar refractivity (Wildman–Crippen MR) is 76.0 cm³/mol. The van der Waals surface area contributed by atoms with E-state index in [1.54, 1.807) is 0 Å². The Morgan fingerprint density at radius 1 is 1.28 bits per heavy atom. The lowest BCUT2D eigenvalue weighted by atomic mass is 9.77. The predicted octanol–water partition coefficient (Wildman–Crippen LogP) is 3.93. The van der Waals surface area contributed by atoms with Crippen LogP contribution in [0, 0.1) is 5.92 Å². The number of ether oxygens (including phenoxy) is 1. The third kappa shape index (κ3) is 3.05. The summed E-state index contributed by atoms with van der Waals surface area (Å²) < 4.78 is 5.78. The minimum atomic E-state index is 0.474. The van der Waals surface area contributed by atoms with E-state index in [2.05, 4.69) is 43.4 Å². The van der Waals surface area contributed by atoms with E-state index in [1.807, 2.05) is 0 Å². The molecule has 0 radical (unpaired) electrons. The van der Waals surface area contributed by atoms with E-state index in [4.69, 9.17) is 4.74 Å². The first kappa shape index (κ1) is 13.4. The van der Waals surface area contributed by atoms with Crippen LogP contribution < -0.4 is 10.1 Å². The molecule has 2 nitrogen and oxygen atoms in total. The number of nitrogens with one attached hydrogen (secondary N) is 1. The van der Waals surface area contributed by atoms with Crippen LogP contribution in [0.2, 0.25) is 0 Å². The summed E-state index contributed by atoms with van der Waals surface area (Å²) in [5.41, 5.74) is 1.34. The van der Waals surface area contributed by atoms with Crippen molar-refractivity contribution in [1.82, 2.24) is 5.32 Å². The Labute approximate surface area is 111 Å². The van der Waals surface area contributed by atoms with Gasteiger partial charge < -0.3 is 10.1 Å². The van der Waals surface area contributed by atoms with Gasteiger partial charge in [0.05, 0.1) is 6.61 Å². The lowest BCUT2D eigenvalue weighted by Gasteiger charge is -2.35. The molecule has 0 amide bonds. The SMILES string of the molecule is CCCNC(c1ccccc1OCC)C1CCC1. The Bertz CT molecular complexity index is 360. The lowest BCUT2D eigenvalue weighted by Crippen LogP contribution is -2.33. The second kappa shape index (κ2) is 6.79. The van der Waals surface area contributed by atoms with Crippen LogP contribution in [0.3, 0.4) is 0 Å². The normalized spacial score (nSPS) is 17.2. The summed E-state index contributed by atoms with van der Waals surface area (Å²) in [6.45, 7) is 6.09. The topological polar surface area (TPSA) is 21.3 Å². The number of hydrogen-bond donors (Lipinski definition) is 1. The summed E-state index contributed by atoms with van der Waals surface area (Å²) in [5.74, 6) is 1.85. The van der Waals surface area contributed by atoms with E-state index >= 15 is 0 Å². The third-order valence-corrected chi connectivity index (χ3v) is 3.79. The molecule has 1 aromatic rings. The quantitative estimate of drug-likeness (QED) is 0.788. The third-order valence-electron chi connectivity index (χ3n) is 3.79. The first-order valence-electron chi connectivity index (χ1n) is 7.32. The van der Waals surface area contributed by atoms with E-state index in [1.165, 1.54) is 31.2 Å². The van der Waals surface area contributed by atoms with Crippen molar-refractivity contribution in [3.63, 3.8) is 0 Å². The minimum Gasteiger partial charge on any atom is -0.494 e. The van der Waals surface area contributed by atoms with Gasteiger partial charge in [0, 0.05) is 11.6 Å². The molecule has 1 atom stereocenters. The highest BCUT2D eigenvalue weighted by Gasteiger charge is 2.29. The molecular weight excluding hydrogens is 222 g/mol. The molecule has 1 saturated carbocycles. The van der Waals surface area contributed by atoms with Crippen LogP contribution in [0.5, 0.6) is 5.75 Å². The maximum atomic E-state index is 5.78. The van der Waals surface area contributed by atoms with Gasteiger partial charge in [-0.15, -0.1) is 0 Å². The minimum absolute atomic E-state index is 0.474. The highest BCUT2D eigenvalue weighted by molar-refractivity contribution is 5.36. The molecule has 1 aliphatic rings. The summed E-state index contributed by atoms with van der Waals surface area (Å²) in [6.07, 6.45) is 5.26. The summed E-state index contributed by atoms with van der Waals surface area (Å²) >= 11 is 0. The van der Waals surface area contributed by atoms with Crippen molar-refractivity contribution in [2.24, 2.45) is 5.92 Å². The van der Waals surface area contributed by atoms with Gasteiger partial charge in [-0.2, -0.15) is 0 Å². The van der Waals surface area contributed by atoms with Crippen LogP contribution in [-0.4, -0.2) is 13.2 Å². The molecule has 2 rings (SSSR count). The standard InChI is InChI=1S/C16H25NO/c1-3-12-17-16(13-8-7-9-13)14-10-5-6-11-15(14)18-4-2/h5-6,10-11,13,16-17H,3-4,7-9,12H2,1-2H3. The molecule has 2 heteroatoms. The molecule has 1 aliphatic carbocycles. The first-order valence-corrected chi connectivity index (χ1v) is 7.32. The zero-order valence-electron chi connectivity index (χ0n) is 11.6. The zero-order valence-corrected chi connectivity index (χ0v) is 11.6. The van der Waals surface area contributed by atoms with Gasteiger partial charge in [-0.1, -0.05) is 31.5 Å². The smallest absolute Gasteiger partial charge is 0.124 e. The van der Waals surface area contributed by atoms with E-state index < -0.39 is 0 Å². The molecule has 1 N–H and O–H groups in total. The van der Waals surface area contributed by atoms with Gasteiger partial charge in [0.1, 0.15) is 5.75 Å². The van der Waals surface area contributed by atoms with Crippen LogP contribution in [0.1, 0.15) is 51.1 Å². The Hall–Kier alpha value is -1.02. The molecule has 0 saturated heterocycles. The van der Waals surface area contributed by atoms with Gasteiger partial charge >= 0.3 is 0 Å². The highest BCUT2D eigenvalue weighted by atomic mass is 16.5. The molecular formula is C16H25NO. The average molecular weight is 247 g/mol. The van der Waals surface area contributed by atoms with E-state index in [0.717, 1.165) is 24.8 Å². The van der Waals surface area contributed by atoms with Gasteiger partial charge in [-0.3, -0.25) is 0 Å². The van der Waals surface area contributed by atoms with Crippen LogP contribution in [0.25, 0.3) is 0 Å². The first-order chi connectivity index (χ1) is 8.86. The molecule has 0 spiro atoms. The summed E-state index contributed by atoms with van der Waals surface area (Å²) in [4.78, 5) is 0. The summed E-state index contributed by atoms with van der Waals surface area (Å²) in [7, 11) is 0. The molecule has 0 aliphatic heterocycles. The maximum absolute atomic E-state index is 5.78. The molecule has 0 heterocycles.